The van der Waals surface area contributed by atoms with Gasteiger partial charge < -0.3 is 19.5 Å². The zero-order chi connectivity index (χ0) is 16.4. The predicted octanol–water partition coefficient (Wildman–Crippen LogP) is 2.42. The maximum Gasteiger partial charge on any atom is 0.270 e. The van der Waals surface area contributed by atoms with Gasteiger partial charge in [-0.3, -0.25) is 4.79 Å². The average molecular weight is 335 g/mol. The van der Waals surface area contributed by atoms with Gasteiger partial charge in [-0.15, -0.1) is 0 Å². The summed E-state index contributed by atoms with van der Waals surface area (Å²) in [5, 5.41) is 0.534. The van der Waals surface area contributed by atoms with Crippen LogP contribution in [-0.2, 0) is 0 Å². The second-order valence-electron chi connectivity index (χ2n) is 5.73. The number of amides is 1. The van der Waals surface area contributed by atoms with Gasteiger partial charge in [0.2, 0.25) is 0 Å². The number of anilines is 1. The molecule has 3 heterocycles. The van der Waals surface area contributed by atoms with E-state index in [1.165, 1.54) is 0 Å². The predicted molar refractivity (Wildman–Crippen MR) is 89.3 cm³/mol. The van der Waals surface area contributed by atoms with Gasteiger partial charge in [0, 0.05) is 39.5 Å². The third-order valence-corrected chi connectivity index (χ3v) is 4.00. The van der Waals surface area contributed by atoms with Gasteiger partial charge >= 0.3 is 0 Å². The lowest BCUT2D eigenvalue weighted by Gasteiger charge is -2.20. The first-order chi connectivity index (χ1) is 11.0. The van der Waals surface area contributed by atoms with Gasteiger partial charge in [0.1, 0.15) is 11.8 Å². The number of likely N-dealkylation sites (tertiary alicyclic amines) is 1. The summed E-state index contributed by atoms with van der Waals surface area (Å²) in [6, 6.07) is 5.39. The molecule has 1 aliphatic rings. The Labute approximate surface area is 140 Å². The second kappa shape index (κ2) is 6.50. The number of nitrogens with zero attached hydrogens (tertiary/aromatic N) is 3. The molecule has 6 nitrogen and oxygen atoms in total. The Hall–Kier alpha value is -2.21. The lowest BCUT2D eigenvalue weighted by atomic mass is 10.3. The van der Waals surface area contributed by atoms with Crippen molar-refractivity contribution in [2.24, 2.45) is 0 Å². The van der Waals surface area contributed by atoms with Crippen molar-refractivity contribution in [2.75, 3.05) is 32.1 Å². The first-order valence-electron chi connectivity index (χ1n) is 7.47. The lowest BCUT2D eigenvalue weighted by molar-refractivity contribution is 0.0767. The molecule has 0 bridgehead atoms. The number of nitrogens with one attached hydrogen (secondary N) is 1. The molecule has 0 spiro atoms. The molecule has 1 saturated heterocycles. The minimum absolute atomic E-state index is 0.0349. The van der Waals surface area contributed by atoms with Crippen LogP contribution in [0.2, 0.25) is 5.02 Å². The number of aromatic nitrogens is 2. The summed E-state index contributed by atoms with van der Waals surface area (Å²) in [6.07, 6.45) is 4.11. The first kappa shape index (κ1) is 15.7. The van der Waals surface area contributed by atoms with Crippen LogP contribution in [0.4, 0.5) is 5.82 Å². The molecule has 1 amide bonds. The second-order valence-corrected chi connectivity index (χ2v) is 6.17. The van der Waals surface area contributed by atoms with Crippen LogP contribution in [0, 0.1) is 0 Å². The van der Waals surface area contributed by atoms with Crippen molar-refractivity contribution in [2.45, 2.75) is 12.5 Å². The van der Waals surface area contributed by atoms with Crippen molar-refractivity contribution < 1.29 is 9.53 Å². The molecule has 7 heteroatoms. The van der Waals surface area contributed by atoms with E-state index < -0.39 is 0 Å². The number of carbonyl (C=O) groups is 1. The summed E-state index contributed by atoms with van der Waals surface area (Å²) in [5.74, 6) is 1.47. The minimum atomic E-state index is -0.0537. The molecule has 2 aromatic rings. The van der Waals surface area contributed by atoms with Gasteiger partial charge in [-0.2, -0.15) is 0 Å². The standard InChI is InChI=1S/C16H19ClN4O2/c1-20(2)15-14(4-3-6-18-15)23-12-5-7-21(10-12)16(22)13-8-11(17)9-19-13/h3-4,6,8-9,12,19H,5,7,10H2,1-2H3/t12-/m0/s1. The number of pyridine rings is 1. The number of halogens is 1. The molecule has 2 aromatic heterocycles. The highest BCUT2D eigenvalue weighted by molar-refractivity contribution is 6.30. The Morgan fingerprint density at radius 3 is 3.04 bits per heavy atom. The quantitative estimate of drug-likeness (QED) is 0.932. The van der Waals surface area contributed by atoms with E-state index in [0.29, 0.717) is 23.8 Å². The van der Waals surface area contributed by atoms with Gasteiger partial charge in [0.15, 0.2) is 11.6 Å². The van der Waals surface area contributed by atoms with Crippen LogP contribution in [0.5, 0.6) is 5.75 Å². The summed E-state index contributed by atoms with van der Waals surface area (Å²) in [5.41, 5.74) is 0.506. The molecule has 0 aliphatic carbocycles. The van der Waals surface area contributed by atoms with Gasteiger partial charge in [0.05, 0.1) is 11.6 Å². The fraction of sp³-hybridized carbons (Fsp3) is 0.375. The molecule has 122 valence electrons. The molecular weight excluding hydrogens is 316 g/mol. The number of ether oxygens (including phenoxy) is 1. The van der Waals surface area contributed by atoms with E-state index in [1.807, 2.05) is 31.1 Å². The van der Waals surface area contributed by atoms with Crippen LogP contribution in [0.25, 0.3) is 0 Å². The number of aromatic amines is 1. The maximum absolute atomic E-state index is 12.4. The van der Waals surface area contributed by atoms with Gasteiger partial charge in [0.25, 0.3) is 5.91 Å². The number of hydrogen-bond acceptors (Lipinski definition) is 4. The van der Waals surface area contributed by atoms with E-state index in [-0.39, 0.29) is 12.0 Å². The van der Waals surface area contributed by atoms with E-state index in [9.17, 15) is 4.79 Å². The van der Waals surface area contributed by atoms with Crippen LogP contribution in [-0.4, -0.2) is 54.1 Å². The monoisotopic (exact) mass is 334 g/mol. The highest BCUT2D eigenvalue weighted by Gasteiger charge is 2.29. The topological polar surface area (TPSA) is 61.5 Å². The molecule has 1 N–H and O–H groups in total. The van der Waals surface area contributed by atoms with Crippen molar-refractivity contribution in [3.63, 3.8) is 0 Å². The Bertz CT molecular complexity index is 701. The van der Waals surface area contributed by atoms with Crippen molar-refractivity contribution >= 4 is 23.3 Å². The molecule has 1 atom stereocenters. The van der Waals surface area contributed by atoms with Gasteiger partial charge in [-0.1, -0.05) is 11.6 Å². The molecule has 3 rings (SSSR count). The lowest BCUT2D eigenvalue weighted by Crippen LogP contribution is -2.31. The van der Waals surface area contributed by atoms with E-state index in [1.54, 1.807) is 23.4 Å². The first-order valence-corrected chi connectivity index (χ1v) is 7.84. The van der Waals surface area contributed by atoms with E-state index in [4.69, 9.17) is 16.3 Å². The number of carbonyl (C=O) groups excluding carboxylic acids is 1. The fourth-order valence-electron chi connectivity index (χ4n) is 2.66. The molecule has 1 fully saturated rings. The molecule has 0 aromatic carbocycles. The Morgan fingerprint density at radius 1 is 1.52 bits per heavy atom. The van der Waals surface area contributed by atoms with Crippen molar-refractivity contribution in [1.29, 1.82) is 0 Å². The molecule has 0 saturated carbocycles. The number of hydrogen-bond donors (Lipinski definition) is 1. The largest absolute Gasteiger partial charge is 0.485 e. The number of H-pyrrole nitrogens is 1. The zero-order valence-corrected chi connectivity index (χ0v) is 13.9. The van der Waals surface area contributed by atoms with Crippen LogP contribution >= 0.6 is 11.6 Å². The summed E-state index contributed by atoms with van der Waals surface area (Å²) in [4.78, 5) is 23.3. The summed E-state index contributed by atoms with van der Waals surface area (Å²) >= 11 is 5.86. The Kier molecular flexibility index (Phi) is 4.43. The SMILES string of the molecule is CN(C)c1ncccc1O[C@H]1CCN(C(=O)c2cc(Cl)c[nH]2)C1. The highest BCUT2D eigenvalue weighted by Crippen LogP contribution is 2.27. The van der Waals surface area contributed by atoms with Gasteiger partial charge in [-0.05, 0) is 18.2 Å². The smallest absolute Gasteiger partial charge is 0.270 e. The molecule has 0 unspecified atom stereocenters. The third-order valence-electron chi connectivity index (χ3n) is 3.78. The van der Waals surface area contributed by atoms with Crippen LogP contribution in [0.3, 0.4) is 0 Å². The van der Waals surface area contributed by atoms with Crippen molar-refractivity contribution in [1.82, 2.24) is 14.9 Å². The van der Waals surface area contributed by atoms with Crippen molar-refractivity contribution in [3.8, 4) is 5.75 Å². The normalized spacial score (nSPS) is 17.3. The zero-order valence-electron chi connectivity index (χ0n) is 13.1. The van der Waals surface area contributed by atoms with Gasteiger partial charge in [-0.25, -0.2) is 4.98 Å². The van der Waals surface area contributed by atoms with E-state index in [0.717, 1.165) is 18.0 Å². The molecule has 1 aliphatic heterocycles. The summed E-state index contributed by atoms with van der Waals surface area (Å²) in [7, 11) is 3.85. The number of rotatable bonds is 4. The van der Waals surface area contributed by atoms with Crippen LogP contribution in [0.1, 0.15) is 16.9 Å². The third kappa shape index (κ3) is 3.42. The van der Waals surface area contributed by atoms with E-state index >= 15 is 0 Å². The Morgan fingerprint density at radius 2 is 2.35 bits per heavy atom. The van der Waals surface area contributed by atoms with Crippen LogP contribution in [0.15, 0.2) is 30.6 Å². The highest BCUT2D eigenvalue weighted by atomic mass is 35.5. The van der Waals surface area contributed by atoms with Crippen LogP contribution < -0.4 is 9.64 Å². The minimum Gasteiger partial charge on any atom is -0.485 e. The Balaban J connectivity index is 1.65. The summed E-state index contributed by atoms with van der Waals surface area (Å²) in [6.45, 7) is 1.22. The average Bonchev–Trinajstić information content (AvgIpc) is 3.16. The maximum atomic E-state index is 12.4. The molecule has 0 radical (unpaired) electrons. The molecule has 23 heavy (non-hydrogen) atoms. The molecular formula is C16H19ClN4O2. The summed E-state index contributed by atoms with van der Waals surface area (Å²) < 4.78 is 6.05. The fourth-order valence-corrected chi connectivity index (χ4v) is 2.82. The van der Waals surface area contributed by atoms with Crippen molar-refractivity contribution in [3.05, 3.63) is 41.3 Å². The van der Waals surface area contributed by atoms with E-state index in [2.05, 4.69) is 9.97 Å².